The summed E-state index contributed by atoms with van der Waals surface area (Å²) < 4.78 is 20.6. The first kappa shape index (κ1) is 15.3. The maximum Gasteiger partial charge on any atom is 0.238 e. The molecule has 1 aromatic carbocycles. The number of benzene rings is 1. The second-order valence-electron chi connectivity index (χ2n) is 4.91. The molecule has 0 saturated heterocycles. The lowest BCUT2D eigenvalue weighted by Gasteiger charge is -2.13. The Kier molecular flexibility index (Phi) is 4.43. The minimum atomic E-state index is -0.353. The summed E-state index contributed by atoms with van der Waals surface area (Å²) in [6.07, 6.45) is 8.87. The monoisotopic (exact) mass is 332 g/mol. The average molecular weight is 333 g/mol. The van der Waals surface area contributed by atoms with E-state index in [1.807, 2.05) is 19.2 Å². The van der Waals surface area contributed by atoms with Crippen molar-refractivity contribution in [2.24, 2.45) is 12.1 Å². The van der Waals surface area contributed by atoms with Crippen LogP contribution in [0.15, 0.2) is 53.4 Å². The number of nitrogens with one attached hydrogen (secondary N) is 1. The van der Waals surface area contributed by atoms with E-state index in [4.69, 9.17) is 16.3 Å². The molecule has 7 heteroatoms. The van der Waals surface area contributed by atoms with Crippen molar-refractivity contribution in [3.8, 4) is 0 Å². The van der Waals surface area contributed by atoms with E-state index in [1.54, 1.807) is 23.2 Å². The Morgan fingerprint density at radius 1 is 1.48 bits per heavy atom. The predicted octanol–water partition coefficient (Wildman–Crippen LogP) is 3.61. The first-order valence-electron chi connectivity index (χ1n) is 6.90. The Balaban J connectivity index is 1.88. The molecule has 3 rings (SSSR count). The van der Waals surface area contributed by atoms with Gasteiger partial charge in [-0.25, -0.2) is 4.39 Å². The van der Waals surface area contributed by atoms with E-state index < -0.39 is 0 Å². The molecule has 0 unspecified atom stereocenters. The lowest BCUT2D eigenvalue weighted by Crippen LogP contribution is -2.13. The number of rotatable bonds is 3. The van der Waals surface area contributed by atoms with Gasteiger partial charge in [-0.05, 0) is 35.9 Å². The second kappa shape index (κ2) is 6.66. The third-order valence-corrected chi connectivity index (χ3v) is 3.47. The van der Waals surface area contributed by atoms with Crippen molar-refractivity contribution in [1.29, 1.82) is 0 Å². The molecule has 0 fully saturated rings. The molecule has 2 aromatic rings. The molecule has 118 valence electrons. The van der Waals surface area contributed by atoms with Gasteiger partial charge in [-0.1, -0.05) is 17.7 Å². The van der Waals surface area contributed by atoms with E-state index in [9.17, 15) is 4.39 Å². The summed E-state index contributed by atoms with van der Waals surface area (Å²) >= 11 is 6.10. The SMILES string of the molecule is Cn1cc(NN=C2OCC=CC2=Cc2cc(F)ccc2Cl)cn1. The molecule has 0 aliphatic carbocycles. The Hall–Kier alpha value is -2.60. The maximum absolute atomic E-state index is 13.4. The molecular formula is C16H14ClFN4O. The van der Waals surface area contributed by atoms with Crippen LogP contribution < -0.4 is 5.43 Å². The molecule has 0 bridgehead atoms. The summed E-state index contributed by atoms with van der Waals surface area (Å²) in [7, 11) is 1.81. The van der Waals surface area contributed by atoms with Crippen LogP contribution in [0, 0.1) is 5.82 Å². The van der Waals surface area contributed by atoms with Gasteiger partial charge in [-0.15, -0.1) is 5.10 Å². The van der Waals surface area contributed by atoms with Gasteiger partial charge in [0.15, 0.2) is 0 Å². The van der Waals surface area contributed by atoms with E-state index in [1.165, 1.54) is 18.2 Å². The topological polar surface area (TPSA) is 51.4 Å². The fourth-order valence-electron chi connectivity index (χ4n) is 2.05. The van der Waals surface area contributed by atoms with Crippen molar-refractivity contribution in [1.82, 2.24) is 9.78 Å². The Morgan fingerprint density at radius 3 is 3.13 bits per heavy atom. The zero-order valence-electron chi connectivity index (χ0n) is 12.3. The quantitative estimate of drug-likeness (QED) is 0.874. The minimum absolute atomic E-state index is 0.353. The van der Waals surface area contributed by atoms with Crippen molar-refractivity contribution in [3.05, 3.63) is 64.7 Å². The van der Waals surface area contributed by atoms with Crippen molar-refractivity contribution in [2.45, 2.75) is 0 Å². The molecule has 0 radical (unpaired) electrons. The molecule has 0 atom stereocenters. The summed E-state index contributed by atoms with van der Waals surface area (Å²) in [5.41, 5.74) is 4.87. The van der Waals surface area contributed by atoms with Crippen molar-refractivity contribution in [2.75, 3.05) is 12.0 Å². The molecule has 0 spiro atoms. The van der Waals surface area contributed by atoms with Crippen LogP contribution in [0.5, 0.6) is 0 Å². The zero-order chi connectivity index (χ0) is 16.2. The maximum atomic E-state index is 13.4. The molecule has 1 aliphatic rings. The third kappa shape index (κ3) is 3.78. The van der Waals surface area contributed by atoms with Crippen molar-refractivity contribution in [3.63, 3.8) is 0 Å². The largest absolute Gasteiger partial charge is 0.472 e. The summed E-state index contributed by atoms with van der Waals surface area (Å²) in [6, 6.07) is 4.20. The highest BCUT2D eigenvalue weighted by Gasteiger charge is 2.12. The smallest absolute Gasteiger partial charge is 0.238 e. The van der Waals surface area contributed by atoms with E-state index in [0.717, 1.165) is 5.69 Å². The highest BCUT2D eigenvalue weighted by atomic mass is 35.5. The predicted molar refractivity (Wildman–Crippen MR) is 88.7 cm³/mol. The van der Waals surface area contributed by atoms with Gasteiger partial charge in [0.05, 0.1) is 11.9 Å². The molecule has 5 nitrogen and oxygen atoms in total. The van der Waals surface area contributed by atoms with Gasteiger partial charge < -0.3 is 4.74 Å². The number of aromatic nitrogens is 2. The van der Waals surface area contributed by atoms with Crippen LogP contribution in [0.2, 0.25) is 5.02 Å². The van der Waals surface area contributed by atoms with E-state index >= 15 is 0 Å². The molecule has 23 heavy (non-hydrogen) atoms. The summed E-state index contributed by atoms with van der Waals surface area (Å²) in [5.74, 6) is 0.0469. The van der Waals surface area contributed by atoms with Crippen LogP contribution in [0.25, 0.3) is 6.08 Å². The van der Waals surface area contributed by atoms with Crippen LogP contribution in [0.3, 0.4) is 0 Å². The number of halogens is 2. The molecule has 1 aliphatic heterocycles. The number of ether oxygens (including phenoxy) is 1. The number of anilines is 1. The normalized spacial score (nSPS) is 17.5. The minimum Gasteiger partial charge on any atom is -0.472 e. The van der Waals surface area contributed by atoms with Crippen molar-refractivity contribution >= 4 is 29.3 Å². The number of nitrogens with zero attached hydrogens (tertiary/aromatic N) is 3. The van der Waals surface area contributed by atoms with E-state index in [2.05, 4.69) is 15.6 Å². The molecule has 0 saturated carbocycles. The molecule has 1 aromatic heterocycles. The van der Waals surface area contributed by atoms with Crippen molar-refractivity contribution < 1.29 is 9.13 Å². The van der Waals surface area contributed by atoms with Gasteiger partial charge in [-0.2, -0.15) is 5.10 Å². The van der Waals surface area contributed by atoms with Crippen LogP contribution in [-0.2, 0) is 11.8 Å². The number of hydrogen-bond donors (Lipinski definition) is 1. The molecule has 1 N–H and O–H groups in total. The summed E-state index contributed by atoms with van der Waals surface area (Å²) in [6.45, 7) is 0.418. The van der Waals surface area contributed by atoms with E-state index in [-0.39, 0.29) is 5.82 Å². The number of hydrogen-bond acceptors (Lipinski definition) is 4. The van der Waals surface area contributed by atoms with Gasteiger partial charge in [-0.3, -0.25) is 10.1 Å². The summed E-state index contributed by atoms with van der Waals surface area (Å²) in [4.78, 5) is 0. The first-order chi connectivity index (χ1) is 11.1. The fraction of sp³-hybridized carbons (Fsp3) is 0.125. The third-order valence-electron chi connectivity index (χ3n) is 3.12. The fourth-order valence-corrected chi connectivity index (χ4v) is 2.22. The molecule has 2 heterocycles. The highest BCUT2D eigenvalue weighted by Crippen LogP contribution is 2.22. The first-order valence-corrected chi connectivity index (χ1v) is 7.28. The van der Waals surface area contributed by atoms with Crippen LogP contribution in [-0.4, -0.2) is 22.3 Å². The van der Waals surface area contributed by atoms with Crippen LogP contribution >= 0.6 is 11.6 Å². The second-order valence-corrected chi connectivity index (χ2v) is 5.32. The van der Waals surface area contributed by atoms with Gasteiger partial charge >= 0.3 is 0 Å². The average Bonchev–Trinajstić information content (AvgIpc) is 2.95. The van der Waals surface area contributed by atoms with Gasteiger partial charge in [0.25, 0.3) is 0 Å². The van der Waals surface area contributed by atoms with Gasteiger partial charge in [0, 0.05) is 23.8 Å². The highest BCUT2D eigenvalue weighted by molar-refractivity contribution is 6.32. The zero-order valence-corrected chi connectivity index (χ0v) is 13.1. The standard InChI is InChI=1S/C16H14ClFN4O/c1-22-10-14(9-19-22)20-21-16-11(3-2-6-23-16)7-12-8-13(18)4-5-15(12)17/h2-5,7-10,20H,6H2,1H3. The Bertz CT molecular complexity index is 810. The molecular weight excluding hydrogens is 319 g/mol. The van der Waals surface area contributed by atoms with Gasteiger partial charge in [0.1, 0.15) is 12.4 Å². The lowest BCUT2D eigenvalue weighted by atomic mass is 10.1. The lowest BCUT2D eigenvalue weighted by molar-refractivity contribution is 0.346. The Morgan fingerprint density at radius 2 is 2.35 bits per heavy atom. The van der Waals surface area contributed by atoms with Gasteiger partial charge in [0.2, 0.25) is 5.90 Å². The van der Waals surface area contributed by atoms with Crippen LogP contribution in [0.1, 0.15) is 5.56 Å². The van der Waals surface area contributed by atoms with Crippen LogP contribution in [0.4, 0.5) is 10.1 Å². The number of aryl methyl sites for hydroxylation is 1. The molecule has 0 amide bonds. The Labute approximate surface area is 137 Å². The van der Waals surface area contributed by atoms with E-state index in [0.29, 0.717) is 28.7 Å². The summed E-state index contributed by atoms with van der Waals surface area (Å²) in [5, 5.41) is 8.73. The number of hydrazone groups is 1.